The van der Waals surface area contributed by atoms with E-state index in [1.165, 1.54) is 0 Å². The van der Waals surface area contributed by atoms with Gasteiger partial charge >= 0.3 is 0 Å². The number of nitriles is 4. The van der Waals surface area contributed by atoms with Crippen LogP contribution in [0.5, 0.6) is 0 Å². The van der Waals surface area contributed by atoms with Gasteiger partial charge in [0.15, 0.2) is 5.41 Å². The molecule has 0 radical (unpaired) electrons. The molecule has 0 aromatic heterocycles. The lowest BCUT2D eigenvalue weighted by Crippen LogP contribution is -2.61. The monoisotopic (exact) mass is 294 g/mol. The van der Waals surface area contributed by atoms with Gasteiger partial charge in [0.2, 0.25) is 5.41 Å². The molecule has 1 spiro atoms. The largest absolute Gasteiger partial charge is 0.368 e. The molecule has 1 aliphatic heterocycles. The van der Waals surface area contributed by atoms with E-state index in [9.17, 15) is 21.0 Å². The SMILES string of the molecule is CC1=C[C@@]2(OCC[C@@H]2C(C)C)C(C#N)(C#N)C(C#N)(C#N)C1. The van der Waals surface area contributed by atoms with Crippen molar-refractivity contribution in [1.29, 1.82) is 21.0 Å². The van der Waals surface area contributed by atoms with Gasteiger partial charge in [0.25, 0.3) is 0 Å². The molecule has 0 unspecified atom stereocenters. The number of rotatable bonds is 1. The molecular weight excluding hydrogens is 276 g/mol. The molecule has 5 nitrogen and oxygen atoms in total. The lowest BCUT2D eigenvalue weighted by Gasteiger charge is -2.50. The van der Waals surface area contributed by atoms with E-state index < -0.39 is 16.4 Å². The molecule has 0 aromatic rings. The van der Waals surface area contributed by atoms with E-state index in [2.05, 4.69) is 0 Å². The first kappa shape index (κ1) is 16.0. The fraction of sp³-hybridized carbons (Fsp3) is 0.647. The molecule has 2 aliphatic rings. The quantitative estimate of drug-likeness (QED) is 0.691. The van der Waals surface area contributed by atoms with Crippen LogP contribution in [0.1, 0.15) is 33.6 Å². The molecule has 0 saturated carbocycles. The molecule has 1 heterocycles. The van der Waals surface area contributed by atoms with Gasteiger partial charge in [0.1, 0.15) is 5.60 Å². The third kappa shape index (κ3) is 1.64. The molecular formula is C17H18N4O. The second kappa shape index (κ2) is 5.14. The van der Waals surface area contributed by atoms with Crippen LogP contribution in [-0.4, -0.2) is 12.2 Å². The van der Waals surface area contributed by atoms with Crippen LogP contribution in [0.2, 0.25) is 0 Å². The van der Waals surface area contributed by atoms with E-state index in [-0.39, 0.29) is 18.3 Å². The van der Waals surface area contributed by atoms with E-state index in [4.69, 9.17) is 4.74 Å². The highest BCUT2D eigenvalue weighted by atomic mass is 16.5. The Morgan fingerprint density at radius 1 is 1.14 bits per heavy atom. The molecule has 2 atom stereocenters. The van der Waals surface area contributed by atoms with Gasteiger partial charge in [0, 0.05) is 13.0 Å². The highest BCUT2D eigenvalue weighted by Gasteiger charge is 2.72. The summed E-state index contributed by atoms with van der Waals surface area (Å²) >= 11 is 0. The van der Waals surface area contributed by atoms with Crippen LogP contribution in [0.3, 0.4) is 0 Å². The van der Waals surface area contributed by atoms with Crippen molar-refractivity contribution in [1.82, 2.24) is 0 Å². The zero-order valence-electron chi connectivity index (χ0n) is 13.1. The van der Waals surface area contributed by atoms with Crippen LogP contribution in [0.25, 0.3) is 0 Å². The minimum atomic E-state index is -1.82. The molecule has 5 heteroatoms. The summed E-state index contributed by atoms with van der Waals surface area (Å²) in [6.45, 7) is 6.27. The summed E-state index contributed by atoms with van der Waals surface area (Å²) in [5.74, 6) is 0.0870. The van der Waals surface area contributed by atoms with E-state index in [1.54, 1.807) is 0 Å². The Hall–Kier alpha value is -2.34. The lowest BCUT2D eigenvalue weighted by atomic mass is 9.49. The highest BCUT2D eigenvalue weighted by Crippen LogP contribution is 2.61. The van der Waals surface area contributed by atoms with Crippen LogP contribution in [-0.2, 0) is 4.74 Å². The summed E-state index contributed by atoms with van der Waals surface area (Å²) in [5, 5.41) is 39.1. The fourth-order valence-corrected chi connectivity index (χ4v) is 4.11. The Bertz CT molecular complexity index is 651. The van der Waals surface area contributed by atoms with E-state index in [1.807, 2.05) is 51.1 Å². The summed E-state index contributed by atoms with van der Waals surface area (Å²) in [7, 11) is 0. The van der Waals surface area contributed by atoms with Crippen molar-refractivity contribution in [2.45, 2.75) is 39.2 Å². The Morgan fingerprint density at radius 2 is 1.73 bits per heavy atom. The average molecular weight is 294 g/mol. The first-order valence-corrected chi connectivity index (χ1v) is 7.36. The molecule has 1 fully saturated rings. The Labute approximate surface area is 131 Å². The van der Waals surface area contributed by atoms with Gasteiger partial charge < -0.3 is 4.74 Å². The minimum absolute atomic E-state index is 0.0804. The fourth-order valence-electron chi connectivity index (χ4n) is 4.11. The van der Waals surface area contributed by atoms with Crippen molar-refractivity contribution < 1.29 is 4.74 Å². The summed E-state index contributed by atoms with van der Waals surface area (Å²) in [6.07, 6.45) is 2.63. The maximum atomic E-state index is 9.87. The van der Waals surface area contributed by atoms with Crippen LogP contribution >= 0.6 is 0 Å². The predicted octanol–water partition coefficient (Wildman–Crippen LogP) is 2.83. The number of nitrogens with zero attached hydrogens (tertiary/aromatic N) is 4. The van der Waals surface area contributed by atoms with Gasteiger partial charge in [-0.05, 0) is 25.2 Å². The van der Waals surface area contributed by atoms with E-state index >= 15 is 0 Å². The molecule has 22 heavy (non-hydrogen) atoms. The van der Waals surface area contributed by atoms with Gasteiger partial charge in [-0.25, -0.2) is 0 Å². The van der Waals surface area contributed by atoms with Crippen molar-refractivity contribution in [2.24, 2.45) is 22.7 Å². The maximum absolute atomic E-state index is 9.87. The van der Waals surface area contributed by atoms with Crippen LogP contribution in [0.15, 0.2) is 11.6 Å². The smallest absolute Gasteiger partial charge is 0.208 e. The Morgan fingerprint density at radius 3 is 2.18 bits per heavy atom. The first-order valence-electron chi connectivity index (χ1n) is 7.36. The first-order chi connectivity index (χ1) is 10.4. The second-order valence-electron chi connectivity index (χ2n) is 6.55. The number of hydrogen-bond acceptors (Lipinski definition) is 5. The van der Waals surface area contributed by atoms with Crippen molar-refractivity contribution in [3.05, 3.63) is 11.6 Å². The van der Waals surface area contributed by atoms with Gasteiger partial charge in [-0.2, -0.15) is 21.0 Å². The zero-order chi connectivity index (χ0) is 16.6. The molecule has 2 rings (SSSR count). The minimum Gasteiger partial charge on any atom is -0.368 e. The van der Waals surface area contributed by atoms with Crippen LogP contribution < -0.4 is 0 Å². The van der Waals surface area contributed by atoms with Crippen molar-refractivity contribution >= 4 is 0 Å². The molecule has 0 aromatic carbocycles. The number of allylic oxidation sites excluding steroid dienone is 1. The second-order valence-corrected chi connectivity index (χ2v) is 6.55. The van der Waals surface area contributed by atoms with Crippen LogP contribution in [0, 0.1) is 68.0 Å². The third-order valence-corrected chi connectivity index (χ3v) is 5.07. The van der Waals surface area contributed by atoms with E-state index in [0.29, 0.717) is 13.0 Å². The third-order valence-electron chi connectivity index (χ3n) is 5.07. The normalized spacial score (nSPS) is 31.6. The predicted molar refractivity (Wildman–Crippen MR) is 77.3 cm³/mol. The maximum Gasteiger partial charge on any atom is 0.208 e. The summed E-state index contributed by atoms with van der Waals surface area (Å²) in [5.41, 5.74) is -3.92. The molecule has 1 saturated heterocycles. The number of ether oxygens (including phenoxy) is 1. The van der Waals surface area contributed by atoms with Crippen molar-refractivity contribution in [3.63, 3.8) is 0 Å². The lowest BCUT2D eigenvalue weighted by molar-refractivity contribution is -0.0812. The molecule has 1 aliphatic carbocycles. The Kier molecular flexibility index (Phi) is 3.74. The highest BCUT2D eigenvalue weighted by molar-refractivity contribution is 5.48. The zero-order valence-corrected chi connectivity index (χ0v) is 13.1. The topological polar surface area (TPSA) is 104 Å². The summed E-state index contributed by atoms with van der Waals surface area (Å²) in [6, 6.07) is 7.99. The standard InChI is InChI=1S/C17H18N4O/c1-12(2)14-4-5-22-17(14)7-13(3)6-15(8-18,9-19)16(17,10-20)11-21/h7,12,14H,4-6H2,1-3H3/t14-,17+/m1/s1. The van der Waals surface area contributed by atoms with Crippen LogP contribution in [0.4, 0.5) is 0 Å². The van der Waals surface area contributed by atoms with E-state index in [0.717, 1.165) is 5.57 Å². The average Bonchev–Trinajstić information content (AvgIpc) is 2.91. The molecule has 0 bridgehead atoms. The van der Waals surface area contributed by atoms with Crippen molar-refractivity contribution in [3.8, 4) is 24.3 Å². The summed E-state index contributed by atoms with van der Waals surface area (Å²) in [4.78, 5) is 0. The van der Waals surface area contributed by atoms with Gasteiger partial charge in [0.05, 0.1) is 24.3 Å². The molecule has 0 amide bonds. The van der Waals surface area contributed by atoms with Crippen molar-refractivity contribution in [2.75, 3.05) is 6.61 Å². The molecule has 112 valence electrons. The number of hydrogen-bond donors (Lipinski definition) is 0. The molecule has 0 N–H and O–H groups in total. The van der Waals surface area contributed by atoms with Gasteiger partial charge in [-0.3, -0.25) is 0 Å². The Balaban J connectivity index is 2.86. The van der Waals surface area contributed by atoms with Gasteiger partial charge in [-0.15, -0.1) is 0 Å². The summed E-state index contributed by atoms with van der Waals surface area (Å²) < 4.78 is 5.96. The van der Waals surface area contributed by atoms with Gasteiger partial charge in [-0.1, -0.05) is 25.5 Å².